The number of carbonyl (C=O) groups is 2. The molecule has 1 N–H and O–H groups in total. The van der Waals surface area contributed by atoms with Gasteiger partial charge in [-0.1, -0.05) is 0 Å². The fourth-order valence-electron chi connectivity index (χ4n) is 1.73. The number of hydrogen-bond donors (Lipinski definition) is 1. The number of amides is 2. The highest BCUT2D eigenvalue weighted by Gasteiger charge is 2.30. The van der Waals surface area contributed by atoms with Gasteiger partial charge in [0, 0.05) is 18.9 Å². The SMILES string of the molecule is CC1C(=O)NCC(=O)N1CCn1cccn1. The van der Waals surface area contributed by atoms with Crippen molar-refractivity contribution in [1.29, 1.82) is 0 Å². The van der Waals surface area contributed by atoms with Crippen molar-refractivity contribution in [2.24, 2.45) is 0 Å². The summed E-state index contributed by atoms with van der Waals surface area (Å²) in [6.45, 7) is 2.95. The molecule has 0 bridgehead atoms. The van der Waals surface area contributed by atoms with Crippen LogP contribution >= 0.6 is 0 Å². The molecular formula is C10H14N4O2. The summed E-state index contributed by atoms with van der Waals surface area (Å²) in [6, 6.07) is 1.44. The molecule has 0 spiro atoms. The Kier molecular flexibility index (Phi) is 2.89. The van der Waals surface area contributed by atoms with Crippen molar-refractivity contribution in [3.8, 4) is 0 Å². The van der Waals surface area contributed by atoms with E-state index in [1.807, 2.05) is 12.3 Å². The Balaban J connectivity index is 1.96. The first-order valence-electron chi connectivity index (χ1n) is 5.23. The smallest absolute Gasteiger partial charge is 0.242 e. The zero-order valence-electron chi connectivity index (χ0n) is 9.09. The van der Waals surface area contributed by atoms with Gasteiger partial charge in [0.2, 0.25) is 11.8 Å². The summed E-state index contributed by atoms with van der Waals surface area (Å²) >= 11 is 0. The second-order valence-electron chi connectivity index (χ2n) is 3.75. The molecule has 6 nitrogen and oxygen atoms in total. The Morgan fingerprint density at radius 3 is 3.00 bits per heavy atom. The molecule has 2 heterocycles. The Bertz CT molecular complexity index is 388. The minimum Gasteiger partial charge on any atom is -0.345 e. The number of rotatable bonds is 3. The van der Waals surface area contributed by atoms with Crippen LogP contribution in [0.2, 0.25) is 0 Å². The highest BCUT2D eigenvalue weighted by molar-refractivity contribution is 5.94. The van der Waals surface area contributed by atoms with E-state index in [-0.39, 0.29) is 18.4 Å². The van der Waals surface area contributed by atoms with Crippen LogP contribution in [0, 0.1) is 0 Å². The van der Waals surface area contributed by atoms with Crippen molar-refractivity contribution in [2.45, 2.75) is 19.5 Å². The maximum Gasteiger partial charge on any atom is 0.242 e. The van der Waals surface area contributed by atoms with Gasteiger partial charge in [-0.3, -0.25) is 14.3 Å². The molecule has 1 unspecified atom stereocenters. The van der Waals surface area contributed by atoms with Gasteiger partial charge >= 0.3 is 0 Å². The molecule has 1 aromatic rings. The van der Waals surface area contributed by atoms with Crippen molar-refractivity contribution in [1.82, 2.24) is 20.0 Å². The van der Waals surface area contributed by atoms with E-state index in [2.05, 4.69) is 10.4 Å². The molecule has 0 aromatic carbocycles. The lowest BCUT2D eigenvalue weighted by Gasteiger charge is -2.32. The Morgan fingerprint density at radius 1 is 1.50 bits per heavy atom. The third-order valence-electron chi connectivity index (χ3n) is 2.71. The average Bonchev–Trinajstić information content (AvgIpc) is 2.77. The first-order valence-corrected chi connectivity index (χ1v) is 5.23. The van der Waals surface area contributed by atoms with Crippen LogP contribution in [0.1, 0.15) is 6.92 Å². The maximum atomic E-state index is 11.6. The summed E-state index contributed by atoms with van der Waals surface area (Å²) in [5.41, 5.74) is 0. The number of carbonyl (C=O) groups excluding carboxylic acids is 2. The summed E-state index contributed by atoms with van der Waals surface area (Å²) in [4.78, 5) is 24.6. The van der Waals surface area contributed by atoms with E-state index in [0.717, 1.165) is 0 Å². The van der Waals surface area contributed by atoms with Crippen molar-refractivity contribution in [3.05, 3.63) is 18.5 Å². The normalized spacial score (nSPS) is 21.1. The van der Waals surface area contributed by atoms with Gasteiger partial charge in [-0.25, -0.2) is 0 Å². The lowest BCUT2D eigenvalue weighted by Crippen LogP contribution is -2.57. The molecule has 0 saturated carbocycles. The number of nitrogens with zero attached hydrogens (tertiary/aromatic N) is 3. The molecule has 2 rings (SSSR count). The lowest BCUT2D eigenvalue weighted by atomic mass is 10.2. The molecule has 16 heavy (non-hydrogen) atoms. The molecule has 0 aliphatic carbocycles. The van der Waals surface area contributed by atoms with Crippen molar-refractivity contribution in [3.63, 3.8) is 0 Å². The Morgan fingerprint density at radius 2 is 2.31 bits per heavy atom. The van der Waals surface area contributed by atoms with E-state index in [0.29, 0.717) is 13.1 Å². The molecule has 86 valence electrons. The predicted molar refractivity (Wildman–Crippen MR) is 56.4 cm³/mol. The molecule has 1 aliphatic heterocycles. The van der Waals surface area contributed by atoms with Gasteiger partial charge in [0.25, 0.3) is 0 Å². The Hall–Kier alpha value is -1.85. The van der Waals surface area contributed by atoms with Crippen molar-refractivity contribution >= 4 is 11.8 Å². The van der Waals surface area contributed by atoms with E-state index >= 15 is 0 Å². The molecule has 2 amide bonds. The van der Waals surface area contributed by atoms with E-state index in [9.17, 15) is 9.59 Å². The first-order chi connectivity index (χ1) is 7.68. The number of aromatic nitrogens is 2. The van der Waals surface area contributed by atoms with Gasteiger partial charge in [0.05, 0.1) is 13.1 Å². The number of hydrogen-bond acceptors (Lipinski definition) is 3. The zero-order valence-corrected chi connectivity index (χ0v) is 9.09. The highest BCUT2D eigenvalue weighted by Crippen LogP contribution is 2.05. The highest BCUT2D eigenvalue weighted by atomic mass is 16.2. The van der Waals surface area contributed by atoms with Gasteiger partial charge < -0.3 is 10.2 Å². The molecule has 0 radical (unpaired) electrons. The first kappa shape index (κ1) is 10.7. The molecule has 1 saturated heterocycles. The van der Waals surface area contributed by atoms with Crippen molar-refractivity contribution < 1.29 is 9.59 Å². The second kappa shape index (κ2) is 4.34. The molecular weight excluding hydrogens is 208 g/mol. The van der Waals surface area contributed by atoms with Crippen LogP contribution in [0.25, 0.3) is 0 Å². The zero-order chi connectivity index (χ0) is 11.5. The minimum atomic E-state index is -0.392. The summed E-state index contributed by atoms with van der Waals surface area (Å²) in [6.07, 6.45) is 3.52. The standard InChI is InChI=1S/C10H14N4O2/c1-8-10(16)11-7-9(15)14(8)6-5-13-4-2-3-12-13/h2-4,8H,5-7H2,1H3,(H,11,16). The van der Waals surface area contributed by atoms with E-state index in [1.54, 1.807) is 22.7 Å². The second-order valence-corrected chi connectivity index (χ2v) is 3.75. The fourth-order valence-corrected chi connectivity index (χ4v) is 1.73. The maximum absolute atomic E-state index is 11.6. The van der Waals surface area contributed by atoms with Gasteiger partial charge in [-0.15, -0.1) is 0 Å². The number of piperazine rings is 1. The van der Waals surface area contributed by atoms with Gasteiger partial charge in [-0.05, 0) is 13.0 Å². The molecule has 1 atom stereocenters. The third kappa shape index (κ3) is 2.05. The summed E-state index contributed by atoms with van der Waals surface area (Å²) in [5, 5.41) is 6.60. The van der Waals surface area contributed by atoms with Crippen LogP contribution < -0.4 is 5.32 Å². The van der Waals surface area contributed by atoms with E-state index < -0.39 is 6.04 Å². The fraction of sp³-hybridized carbons (Fsp3) is 0.500. The summed E-state index contributed by atoms with van der Waals surface area (Å²) in [7, 11) is 0. The van der Waals surface area contributed by atoms with Gasteiger partial charge in [0.15, 0.2) is 0 Å². The van der Waals surface area contributed by atoms with Crippen LogP contribution in [0.15, 0.2) is 18.5 Å². The Labute approximate surface area is 93.2 Å². The monoisotopic (exact) mass is 222 g/mol. The largest absolute Gasteiger partial charge is 0.345 e. The van der Waals surface area contributed by atoms with Crippen LogP contribution in [-0.4, -0.2) is 45.6 Å². The van der Waals surface area contributed by atoms with Gasteiger partial charge in [-0.2, -0.15) is 5.10 Å². The van der Waals surface area contributed by atoms with Gasteiger partial charge in [0.1, 0.15) is 6.04 Å². The van der Waals surface area contributed by atoms with Crippen LogP contribution in [0.4, 0.5) is 0 Å². The minimum absolute atomic E-state index is 0.0424. The molecule has 6 heteroatoms. The third-order valence-corrected chi connectivity index (χ3v) is 2.71. The predicted octanol–water partition coefficient (Wildman–Crippen LogP) is -0.770. The van der Waals surface area contributed by atoms with E-state index in [1.165, 1.54) is 0 Å². The molecule has 1 aromatic heterocycles. The lowest BCUT2D eigenvalue weighted by molar-refractivity contribution is -0.145. The summed E-state index contributed by atoms with van der Waals surface area (Å²) in [5.74, 6) is -0.140. The topological polar surface area (TPSA) is 67.2 Å². The average molecular weight is 222 g/mol. The summed E-state index contributed by atoms with van der Waals surface area (Å²) < 4.78 is 1.74. The molecule has 1 aliphatic rings. The molecule has 1 fully saturated rings. The van der Waals surface area contributed by atoms with Crippen LogP contribution in [0.3, 0.4) is 0 Å². The number of nitrogens with one attached hydrogen (secondary N) is 1. The van der Waals surface area contributed by atoms with Crippen molar-refractivity contribution in [2.75, 3.05) is 13.1 Å². The van der Waals surface area contributed by atoms with E-state index in [4.69, 9.17) is 0 Å². The van der Waals surface area contributed by atoms with Crippen LogP contribution in [0.5, 0.6) is 0 Å². The van der Waals surface area contributed by atoms with Crippen LogP contribution in [-0.2, 0) is 16.1 Å². The quantitative estimate of drug-likeness (QED) is 0.730.